The Morgan fingerprint density at radius 3 is 2.44 bits per heavy atom. The lowest BCUT2D eigenvalue weighted by Crippen LogP contribution is -2.40. The zero-order chi connectivity index (χ0) is 11.4. The summed E-state index contributed by atoms with van der Waals surface area (Å²) >= 11 is 0. The number of halogens is 2. The summed E-state index contributed by atoms with van der Waals surface area (Å²) in [5.41, 5.74) is 0.813. The molecule has 0 radical (unpaired) electrons. The number of hydrogen-bond acceptors (Lipinski definition) is 2. The number of ether oxygens (including phenoxy) is 1. The summed E-state index contributed by atoms with van der Waals surface area (Å²) in [6.07, 6.45) is 0. The van der Waals surface area contributed by atoms with Crippen LogP contribution in [0.3, 0.4) is 0 Å². The van der Waals surface area contributed by atoms with Gasteiger partial charge in [0.2, 0.25) is 0 Å². The first-order valence-corrected chi connectivity index (χ1v) is 5.01. The minimum Gasteiger partial charge on any atom is -0.435 e. The Kier molecular flexibility index (Phi) is 3.37. The van der Waals surface area contributed by atoms with Crippen LogP contribution < -0.4 is 10.1 Å². The van der Waals surface area contributed by atoms with Gasteiger partial charge in [0.15, 0.2) is 0 Å². The minimum atomic E-state index is -2.78. The molecule has 1 N–H and O–H groups in total. The molecule has 16 heavy (non-hydrogen) atoms. The standard InChI is InChI=1S/C12H11F2NO/c13-12(14)16-11-5-3-9(4-6-11)1-2-10-7-15-8-10/h3-6,10,12,15H,7-8H2. The lowest BCUT2D eigenvalue weighted by atomic mass is 10.0. The van der Waals surface area contributed by atoms with Gasteiger partial charge < -0.3 is 10.1 Å². The first-order valence-electron chi connectivity index (χ1n) is 5.01. The van der Waals surface area contributed by atoms with E-state index in [1.165, 1.54) is 12.1 Å². The van der Waals surface area contributed by atoms with Gasteiger partial charge in [0, 0.05) is 24.6 Å². The van der Waals surface area contributed by atoms with Gasteiger partial charge in [-0.2, -0.15) is 8.78 Å². The largest absolute Gasteiger partial charge is 0.435 e. The van der Waals surface area contributed by atoms with Gasteiger partial charge in [-0.15, -0.1) is 0 Å². The van der Waals surface area contributed by atoms with Crippen LogP contribution in [-0.2, 0) is 0 Å². The van der Waals surface area contributed by atoms with E-state index in [0.29, 0.717) is 5.92 Å². The van der Waals surface area contributed by atoms with Gasteiger partial charge in [0.05, 0.1) is 0 Å². The summed E-state index contributed by atoms with van der Waals surface area (Å²) < 4.78 is 28.0. The highest BCUT2D eigenvalue weighted by molar-refractivity contribution is 5.38. The highest BCUT2D eigenvalue weighted by Gasteiger charge is 2.12. The average molecular weight is 223 g/mol. The van der Waals surface area contributed by atoms with Crippen LogP contribution in [0.5, 0.6) is 5.75 Å². The SMILES string of the molecule is FC(F)Oc1ccc(C#CC2CNC2)cc1. The molecule has 2 nitrogen and oxygen atoms in total. The second-order valence-corrected chi connectivity index (χ2v) is 3.53. The first-order chi connectivity index (χ1) is 7.74. The van der Waals surface area contributed by atoms with Crippen molar-refractivity contribution in [2.75, 3.05) is 13.1 Å². The third-order valence-electron chi connectivity index (χ3n) is 2.28. The summed E-state index contributed by atoms with van der Waals surface area (Å²) in [6, 6.07) is 6.35. The average Bonchev–Trinajstić information content (AvgIpc) is 2.17. The topological polar surface area (TPSA) is 21.3 Å². The molecule has 1 fully saturated rings. The molecule has 0 unspecified atom stereocenters. The fraction of sp³-hybridized carbons (Fsp3) is 0.333. The summed E-state index contributed by atoms with van der Waals surface area (Å²) in [6.45, 7) is -0.919. The first kappa shape index (κ1) is 10.9. The van der Waals surface area contributed by atoms with Crippen LogP contribution in [0, 0.1) is 17.8 Å². The Morgan fingerprint density at radius 1 is 1.25 bits per heavy atom. The summed E-state index contributed by atoms with van der Waals surface area (Å²) in [7, 11) is 0. The summed E-state index contributed by atoms with van der Waals surface area (Å²) in [5, 5.41) is 3.12. The second kappa shape index (κ2) is 4.95. The highest BCUT2D eigenvalue weighted by atomic mass is 19.3. The van der Waals surface area contributed by atoms with Crippen molar-refractivity contribution in [1.29, 1.82) is 0 Å². The van der Waals surface area contributed by atoms with Crippen LogP contribution in [0.25, 0.3) is 0 Å². The van der Waals surface area contributed by atoms with E-state index in [-0.39, 0.29) is 5.75 Å². The molecular weight excluding hydrogens is 212 g/mol. The van der Waals surface area contributed by atoms with Crippen LogP contribution in [0.4, 0.5) is 8.78 Å². The van der Waals surface area contributed by atoms with Crippen molar-refractivity contribution in [3.63, 3.8) is 0 Å². The summed E-state index contributed by atoms with van der Waals surface area (Å²) in [4.78, 5) is 0. The quantitative estimate of drug-likeness (QED) is 0.773. The number of hydrogen-bond donors (Lipinski definition) is 1. The fourth-order valence-corrected chi connectivity index (χ4v) is 1.30. The van der Waals surface area contributed by atoms with Crippen molar-refractivity contribution in [1.82, 2.24) is 5.32 Å². The van der Waals surface area contributed by atoms with Gasteiger partial charge in [0.25, 0.3) is 0 Å². The normalized spacial score (nSPS) is 15.2. The van der Waals surface area contributed by atoms with Gasteiger partial charge >= 0.3 is 6.61 Å². The van der Waals surface area contributed by atoms with E-state index >= 15 is 0 Å². The molecule has 84 valence electrons. The van der Waals surface area contributed by atoms with E-state index in [2.05, 4.69) is 21.9 Å². The molecule has 0 spiro atoms. The van der Waals surface area contributed by atoms with Crippen molar-refractivity contribution in [3.05, 3.63) is 29.8 Å². The molecule has 1 aromatic carbocycles. The smallest absolute Gasteiger partial charge is 0.387 e. The van der Waals surface area contributed by atoms with E-state index < -0.39 is 6.61 Å². The van der Waals surface area contributed by atoms with E-state index in [9.17, 15) is 8.78 Å². The molecule has 0 aliphatic carbocycles. The Morgan fingerprint density at radius 2 is 1.94 bits per heavy atom. The van der Waals surface area contributed by atoms with Crippen molar-refractivity contribution >= 4 is 0 Å². The van der Waals surface area contributed by atoms with Crippen LogP contribution in [0.2, 0.25) is 0 Å². The Hall–Kier alpha value is -1.60. The lowest BCUT2D eigenvalue weighted by Gasteiger charge is -2.21. The molecule has 0 saturated carbocycles. The Balaban J connectivity index is 1.97. The molecule has 1 aromatic rings. The van der Waals surface area contributed by atoms with Crippen LogP contribution in [-0.4, -0.2) is 19.7 Å². The molecule has 1 heterocycles. The molecule has 1 aliphatic rings. The number of nitrogens with one attached hydrogen (secondary N) is 1. The molecular formula is C12H11F2NO. The number of rotatable bonds is 2. The maximum Gasteiger partial charge on any atom is 0.387 e. The minimum absolute atomic E-state index is 0.158. The third kappa shape index (κ3) is 2.94. The van der Waals surface area contributed by atoms with Crippen LogP contribution >= 0.6 is 0 Å². The van der Waals surface area contributed by atoms with Crippen molar-refractivity contribution in [2.24, 2.45) is 5.92 Å². The Labute approximate surface area is 92.6 Å². The van der Waals surface area contributed by atoms with E-state index in [0.717, 1.165) is 18.7 Å². The molecule has 0 atom stereocenters. The number of alkyl halides is 2. The van der Waals surface area contributed by atoms with Crippen molar-refractivity contribution in [3.8, 4) is 17.6 Å². The maximum absolute atomic E-state index is 11.9. The van der Waals surface area contributed by atoms with E-state index in [1.807, 2.05) is 0 Å². The summed E-state index contributed by atoms with van der Waals surface area (Å²) in [5.74, 6) is 6.66. The van der Waals surface area contributed by atoms with Gasteiger partial charge in [0.1, 0.15) is 5.75 Å². The molecule has 0 aromatic heterocycles. The predicted octanol–water partition coefficient (Wildman–Crippen LogP) is 1.86. The zero-order valence-electron chi connectivity index (χ0n) is 8.54. The van der Waals surface area contributed by atoms with Gasteiger partial charge in [-0.25, -0.2) is 0 Å². The van der Waals surface area contributed by atoms with E-state index in [4.69, 9.17) is 0 Å². The van der Waals surface area contributed by atoms with Gasteiger partial charge in [-0.3, -0.25) is 0 Å². The predicted molar refractivity (Wildman–Crippen MR) is 56.3 cm³/mol. The van der Waals surface area contributed by atoms with Gasteiger partial charge in [-0.1, -0.05) is 11.8 Å². The van der Waals surface area contributed by atoms with E-state index in [1.54, 1.807) is 12.1 Å². The van der Waals surface area contributed by atoms with Crippen molar-refractivity contribution < 1.29 is 13.5 Å². The van der Waals surface area contributed by atoms with Crippen LogP contribution in [0.1, 0.15) is 5.56 Å². The van der Waals surface area contributed by atoms with Gasteiger partial charge in [-0.05, 0) is 24.3 Å². The maximum atomic E-state index is 11.9. The zero-order valence-corrected chi connectivity index (χ0v) is 8.54. The van der Waals surface area contributed by atoms with Crippen molar-refractivity contribution in [2.45, 2.75) is 6.61 Å². The second-order valence-electron chi connectivity index (χ2n) is 3.53. The monoisotopic (exact) mass is 223 g/mol. The molecule has 2 rings (SSSR count). The molecule has 0 amide bonds. The molecule has 4 heteroatoms. The highest BCUT2D eigenvalue weighted by Crippen LogP contribution is 2.14. The molecule has 1 saturated heterocycles. The third-order valence-corrected chi connectivity index (χ3v) is 2.28. The lowest BCUT2D eigenvalue weighted by molar-refractivity contribution is -0.0498. The molecule has 1 aliphatic heterocycles. The molecule has 0 bridgehead atoms. The van der Waals surface area contributed by atoms with Crippen LogP contribution in [0.15, 0.2) is 24.3 Å². The Bertz CT molecular complexity index is 401. The fourth-order valence-electron chi connectivity index (χ4n) is 1.30. The number of benzene rings is 1.